The topological polar surface area (TPSA) is 87.3 Å². The Morgan fingerprint density at radius 1 is 1.33 bits per heavy atom. The molecule has 1 saturated carbocycles. The first-order valence-electron chi connectivity index (χ1n) is 4.96. The van der Waals surface area contributed by atoms with Crippen LogP contribution in [-0.2, 0) is 10.0 Å². The van der Waals surface area contributed by atoms with Crippen LogP contribution in [0, 0.1) is 0 Å². The van der Waals surface area contributed by atoms with Crippen molar-refractivity contribution in [2.24, 2.45) is 0 Å². The minimum Gasteiger partial charge on any atom is -0.337 e. The Bertz CT molecular complexity index is 311. The third-order valence-electron chi connectivity index (χ3n) is 2.22. The fourth-order valence-electron chi connectivity index (χ4n) is 1.20. The third kappa shape index (κ3) is 5.58. The van der Waals surface area contributed by atoms with E-state index < -0.39 is 10.0 Å². The lowest BCUT2D eigenvalue weighted by Crippen LogP contribution is -2.46. The molecule has 3 N–H and O–H groups in total. The van der Waals surface area contributed by atoms with Crippen molar-refractivity contribution >= 4 is 16.1 Å². The van der Waals surface area contributed by atoms with Crippen molar-refractivity contribution in [2.75, 3.05) is 19.3 Å². The maximum absolute atomic E-state index is 11.2. The van der Waals surface area contributed by atoms with Crippen LogP contribution in [0.5, 0.6) is 0 Å². The number of nitrogens with one attached hydrogen (secondary N) is 3. The summed E-state index contributed by atoms with van der Waals surface area (Å²) in [6.45, 7) is 0.516. The Morgan fingerprint density at radius 3 is 2.47 bits per heavy atom. The fourth-order valence-corrected chi connectivity index (χ4v) is 1.67. The summed E-state index contributed by atoms with van der Waals surface area (Å²) in [6.07, 6.45) is 4.33. The number of rotatable bonds is 5. The lowest BCUT2D eigenvalue weighted by molar-refractivity contribution is 0.228. The molecule has 0 spiro atoms. The molecule has 6 nitrogen and oxygen atoms in total. The van der Waals surface area contributed by atoms with Crippen LogP contribution in [0.25, 0.3) is 0 Å². The molecule has 1 rings (SSSR count). The first-order chi connectivity index (χ1) is 6.97. The number of urea groups is 1. The van der Waals surface area contributed by atoms with Gasteiger partial charge < -0.3 is 10.6 Å². The van der Waals surface area contributed by atoms with Gasteiger partial charge in [0, 0.05) is 19.1 Å². The Balaban J connectivity index is 2.01. The number of carbonyl (C=O) groups is 1. The van der Waals surface area contributed by atoms with Crippen molar-refractivity contribution in [3.8, 4) is 0 Å². The van der Waals surface area contributed by atoms with Crippen molar-refractivity contribution in [1.29, 1.82) is 0 Å². The SMILES string of the molecule is CS(=O)(=O)NCCNC(=O)NC1CCC1. The monoisotopic (exact) mass is 235 g/mol. The van der Waals surface area contributed by atoms with Gasteiger partial charge in [0.2, 0.25) is 10.0 Å². The number of carbonyl (C=O) groups excluding carboxylic acids is 1. The molecule has 0 aromatic carbocycles. The Hall–Kier alpha value is -0.820. The van der Waals surface area contributed by atoms with E-state index in [1.807, 2.05) is 0 Å². The smallest absolute Gasteiger partial charge is 0.315 e. The molecule has 1 aliphatic rings. The number of hydrogen-bond acceptors (Lipinski definition) is 3. The molecular formula is C8H17N3O3S. The molecular weight excluding hydrogens is 218 g/mol. The summed E-state index contributed by atoms with van der Waals surface area (Å²) >= 11 is 0. The second-order valence-electron chi connectivity index (χ2n) is 3.69. The summed E-state index contributed by atoms with van der Waals surface area (Å²) in [5.74, 6) is 0. The zero-order chi connectivity index (χ0) is 11.3. The van der Waals surface area contributed by atoms with Crippen molar-refractivity contribution in [3.05, 3.63) is 0 Å². The summed E-state index contributed by atoms with van der Waals surface area (Å²) in [6, 6.07) is 0.0721. The van der Waals surface area contributed by atoms with E-state index in [0.717, 1.165) is 19.1 Å². The Kier molecular flexibility index (Phi) is 4.34. The van der Waals surface area contributed by atoms with Crippen LogP contribution >= 0.6 is 0 Å². The van der Waals surface area contributed by atoms with Crippen LogP contribution in [0.15, 0.2) is 0 Å². The predicted molar refractivity (Wildman–Crippen MR) is 57.0 cm³/mol. The minimum absolute atomic E-state index is 0.219. The van der Waals surface area contributed by atoms with E-state index in [-0.39, 0.29) is 12.6 Å². The molecule has 88 valence electrons. The summed E-state index contributed by atoms with van der Waals surface area (Å²) < 4.78 is 23.6. The normalized spacial score (nSPS) is 16.9. The zero-order valence-electron chi connectivity index (χ0n) is 8.75. The molecule has 1 aliphatic carbocycles. The molecule has 0 aromatic heterocycles. The predicted octanol–water partition coefficient (Wildman–Crippen LogP) is -0.613. The third-order valence-corrected chi connectivity index (χ3v) is 2.94. The minimum atomic E-state index is -3.16. The fraction of sp³-hybridized carbons (Fsp3) is 0.875. The van der Waals surface area contributed by atoms with Crippen LogP contribution in [0.2, 0.25) is 0 Å². The lowest BCUT2D eigenvalue weighted by Gasteiger charge is -2.26. The molecule has 0 aromatic rings. The number of sulfonamides is 1. The molecule has 7 heteroatoms. The van der Waals surface area contributed by atoms with E-state index in [0.29, 0.717) is 12.6 Å². The average Bonchev–Trinajstić information content (AvgIpc) is 2.04. The standard InChI is InChI=1S/C8H17N3O3S/c1-15(13,14)10-6-5-9-8(12)11-7-3-2-4-7/h7,10H,2-6H2,1H3,(H2,9,11,12). The highest BCUT2D eigenvalue weighted by molar-refractivity contribution is 7.88. The van der Waals surface area contributed by atoms with Crippen LogP contribution < -0.4 is 15.4 Å². The average molecular weight is 235 g/mol. The summed E-state index contributed by atoms with van der Waals surface area (Å²) in [7, 11) is -3.16. The van der Waals surface area contributed by atoms with Crippen molar-refractivity contribution in [3.63, 3.8) is 0 Å². The summed E-state index contributed by atoms with van der Waals surface area (Å²) in [5, 5.41) is 5.36. The second-order valence-corrected chi connectivity index (χ2v) is 5.53. The van der Waals surface area contributed by atoms with Gasteiger partial charge in [-0.15, -0.1) is 0 Å². The Morgan fingerprint density at radius 2 is 2.00 bits per heavy atom. The molecule has 0 saturated heterocycles. The van der Waals surface area contributed by atoms with E-state index in [4.69, 9.17) is 0 Å². The van der Waals surface area contributed by atoms with Gasteiger partial charge in [-0.3, -0.25) is 0 Å². The Labute approximate surface area is 89.9 Å². The van der Waals surface area contributed by atoms with Crippen LogP contribution in [0.3, 0.4) is 0 Å². The van der Waals surface area contributed by atoms with Crippen molar-refractivity contribution in [2.45, 2.75) is 25.3 Å². The quantitative estimate of drug-likeness (QED) is 0.555. The van der Waals surface area contributed by atoms with Gasteiger partial charge in [0.15, 0.2) is 0 Å². The summed E-state index contributed by atoms with van der Waals surface area (Å²) in [5.41, 5.74) is 0. The molecule has 0 aliphatic heterocycles. The molecule has 0 radical (unpaired) electrons. The highest BCUT2D eigenvalue weighted by Crippen LogP contribution is 2.17. The molecule has 0 unspecified atom stereocenters. The van der Waals surface area contributed by atoms with Crippen LogP contribution in [-0.4, -0.2) is 39.8 Å². The zero-order valence-corrected chi connectivity index (χ0v) is 9.56. The van der Waals surface area contributed by atoms with Crippen LogP contribution in [0.1, 0.15) is 19.3 Å². The molecule has 15 heavy (non-hydrogen) atoms. The van der Waals surface area contributed by atoms with E-state index in [1.54, 1.807) is 0 Å². The van der Waals surface area contributed by atoms with Gasteiger partial charge in [0.1, 0.15) is 0 Å². The number of hydrogen-bond donors (Lipinski definition) is 3. The van der Waals surface area contributed by atoms with E-state index in [1.165, 1.54) is 6.42 Å². The maximum atomic E-state index is 11.2. The van der Waals surface area contributed by atoms with Gasteiger partial charge in [-0.05, 0) is 19.3 Å². The van der Waals surface area contributed by atoms with Crippen LogP contribution in [0.4, 0.5) is 4.79 Å². The molecule has 2 amide bonds. The number of amides is 2. The van der Waals surface area contributed by atoms with Gasteiger partial charge in [-0.25, -0.2) is 17.9 Å². The van der Waals surface area contributed by atoms with Crippen molar-refractivity contribution < 1.29 is 13.2 Å². The first-order valence-corrected chi connectivity index (χ1v) is 6.85. The molecule has 1 fully saturated rings. The van der Waals surface area contributed by atoms with Gasteiger partial charge in [0.25, 0.3) is 0 Å². The van der Waals surface area contributed by atoms with Gasteiger partial charge in [-0.1, -0.05) is 0 Å². The second kappa shape index (κ2) is 5.32. The highest BCUT2D eigenvalue weighted by Gasteiger charge is 2.18. The van der Waals surface area contributed by atoms with Gasteiger partial charge >= 0.3 is 6.03 Å². The largest absolute Gasteiger partial charge is 0.337 e. The maximum Gasteiger partial charge on any atom is 0.315 e. The van der Waals surface area contributed by atoms with Gasteiger partial charge in [-0.2, -0.15) is 0 Å². The van der Waals surface area contributed by atoms with E-state index in [2.05, 4.69) is 15.4 Å². The molecule has 0 atom stereocenters. The highest BCUT2D eigenvalue weighted by atomic mass is 32.2. The molecule has 0 heterocycles. The van der Waals surface area contributed by atoms with E-state index >= 15 is 0 Å². The molecule has 0 bridgehead atoms. The lowest BCUT2D eigenvalue weighted by atomic mass is 9.93. The van der Waals surface area contributed by atoms with Crippen molar-refractivity contribution in [1.82, 2.24) is 15.4 Å². The first kappa shape index (κ1) is 12.3. The van der Waals surface area contributed by atoms with E-state index in [9.17, 15) is 13.2 Å². The summed E-state index contributed by atoms with van der Waals surface area (Å²) in [4.78, 5) is 11.2. The van der Waals surface area contributed by atoms with Gasteiger partial charge in [0.05, 0.1) is 6.26 Å².